The molecular weight excluding hydrogens is 370 g/mol. The second-order valence-electron chi connectivity index (χ2n) is 8.13. The summed E-state index contributed by atoms with van der Waals surface area (Å²) in [6, 6.07) is 0. The van der Waals surface area contributed by atoms with Gasteiger partial charge in [0, 0.05) is 25.7 Å². The van der Waals surface area contributed by atoms with Gasteiger partial charge in [0.05, 0.1) is 16.1 Å². The Morgan fingerprint density at radius 2 is 1.93 bits per heavy atom. The topological polar surface area (TPSA) is 98.6 Å². The van der Waals surface area contributed by atoms with Gasteiger partial charge in [-0.25, -0.2) is 13.2 Å². The van der Waals surface area contributed by atoms with Gasteiger partial charge in [-0.1, -0.05) is 0 Å². The molecule has 148 valence electrons. The van der Waals surface area contributed by atoms with E-state index < -0.39 is 25.3 Å². The van der Waals surface area contributed by atoms with Crippen LogP contribution in [-0.4, -0.2) is 64.2 Å². The molecule has 0 saturated heterocycles. The van der Waals surface area contributed by atoms with E-state index in [1.807, 2.05) is 6.92 Å². The third-order valence-corrected chi connectivity index (χ3v) is 9.58. The maximum atomic E-state index is 13.0. The Hall–Kier alpha value is -1.90. The largest absolute Gasteiger partial charge is 0.461 e. The quantitative estimate of drug-likeness (QED) is 0.669. The van der Waals surface area contributed by atoms with Crippen LogP contribution in [0.15, 0.2) is 0 Å². The molecule has 9 heteroatoms. The van der Waals surface area contributed by atoms with Gasteiger partial charge in [-0.2, -0.15) is 5.10 Å². The Labute approximate surface area is 158 Å². The summed E-state index contributed by atoms with van der Waals surface area (Å²) in [4.78, 5) is 26.8. The number of hydrogen-bond donors (Lipinski definition) is 0. The molecule has 0 radical (unpaired) electrons. The van der Waals surface area contributed by atoms with Crippen LogP contribution in [0.4, 0.5) is 0 Å². The number of carbonyl (C=O) groups excluding carboxylic acids is 2. The minimum atomic E-state index is -3.27. The van der Waals surface area contributed by atoms with Crippen molar-refractivity contribution in [2.45, 2.75) is 55.4 Å². The molecule has 2 fully saturated rings. The van der Waals surface area contributed by atoms with Gasteiger partial charge in [0.2, 0.25) is 0 Å². The van der Waals surface area contributed by atoms with Crippen molar-refractivity contribution in [2.24, 2.45) is 7.05 Å². The van der Waals surface area contributed by atoms with Gasteiger partial charge < -0.3 is 9.64 Å². The number of sulfone groups is 1. The van der Waals surface area contributed by atoms with Crippen molar-refractivity contribution in [3.05, 3.63) is 17.0 Å². The molecule has 0 bridgehead atoms. The average Bonchev–Trinajstić information content (AvgIpc) is 3.52. The molecule has 0 unspecified atom stereocenters. The molecule has 0 atom stereocenters. The first kappa shape index (κ1) is 18.5. The molecule has 1 aliphatic heterocycles. The summed E-state index contributed by atoms with van der Waals surface area (Å²) in [5, 5.41) is 4.18. The number of esters is 1. The number of aromatic nitrogens is 2. The summed E-state index contributed by atoms with van der Waals surface area (Å²) in [5.41, 5.74) is 1.13. The second kappa shape index (κ2) is 5.80. The summed E-state index contributed by atoms with van der Waals surface area (Å²) in [6.07, 6.45) is 3.11. The third kappa shape index (κ3) is 2.61. The SMILES string of the molecule is CCOC(=O)c1nn(C)c2c1CCN(CC1(S(=O)(=O)C3(C)CC3)CC1)C2=O. The molecule has 4 rings (SSSR count). The number of nitrogens with zero attached hydrogens (tertiary/aromatic N) is 3. The van der Waals surface area contributed by atoms with Crippen molar-refractivity contribution in [1.29, 1.82) is 0 Å². The van der Waals surface area contributed by atoms with Crippen molar-refractivity contribution in [2.75, 3.05) is 19.7 Å². The fourth-order valence-electron chi connectivity index (χ4n) is 4.05. The molecule has 1 aromatic rings. The molecule has 0 aromatic carbocycles. The van der Waals surface area contributed by atoms with Gasteiger partial charge in [-0.05, 0) is 46.0 Å². The van der Waals surface area contributed by atoms with Gasteiger partial charge >= 0.3 is 5.97 Å². The average molecular weight is 395 g/mol. The highest BCUT2D eigenvalue weighted by Gasteiger charge is 2.65. The van der Waals surface area contributed by atoms with Crippen LogP contribution < -0.4 is 0 Å². The van der Waals surface area contributed by atoms with Crippen LogP contribution in [0.25, 0.3) is 0 Å². The molecular formula is C18H25N3O5S. The Balaban J connectivity index is 1.59. The molecule has 0 spiro atoms. The van der Waals surface area contributed by atoms with E-state index in [4.69, 9.17) is 4.74 Å². The molecule has 1 aromatic heterocycles. The first-order valence-corrected chi connectivity index (χ1v) is 10.9. The molecule has 2 aliphatic carbocycles. The van der Waals surface area contributed by atoms with Crippen LogP contribution in [-0.2, 0) is 28.0 Å². The maximum Gasteiger partial charge on any atom is 0.359 e. The highest BCUT2D eigenvalue weighted by molar-refractivity contribution is 7.94. The Kier molecular flexibility index (Phi) is 3.96. The second-order valence-corrected chi connectivity index (χ2v) is 11.0. The molecule has 0 N–H and O–H groups in total. The van der Waals surface area contributed by atoms with Crippen LogP contribution in [0, 0.1) is 0 Å². The molecule has 3 aliphatic rings. The summed E-state index contributed by atoms with van der Waals surface area (Å²) in [5.74, 6) is -0.789. The number of ether oxygens (including phenoxy) is 1. The number of rotatable bonds is 6. The van der Waals surface area contributed by atoms with E-state index >= 15 is 0 Å². The van der Waals surface area contributed by atoms with Crippen molar-refractivity contribution in [3.8, 4) is 0 Å². The number of fused-ring (bicyclic) bond motifs is 1. The van der Waals surface area contributed by atoms with Gasteiger partial charge in [-0.15, -0.1) is 0 Å². The van der Waals surface area contributed by atoms with E-state index in [0.29, 0.717) is 49.9 Å². The number of amides is 1. The number of aryl methyl sites for hydroxylation is 1. The maximum absolute atomic E-state index is 13.0. The van der Waals surface area contributed by atoms with E-state index in [2.05, 4.69) is 5.10 Å². The van der Waals surface area contributed by atoms with E-state index in [9.17, 15) is 18.0 Å². The lowest BCUT2D eigenvalue weighted by atomic mass is 10.0. The van der Waals surface area contributed by atoms with Crippen LogP contribution >= 0.6 is 0 Å². The van der Waals surface area contributed by atoms with Gasteiger partial charge in [-0.3, -0.25) is 9.48 Å². The van der Waals surface area contributed by atoms with Crippen LogP contribution in [0.1, 0.15) is 66.1 Å². The van der Waals surface area contributed by atoms with E-state index in [1.165, 1.54) is 4.68 Å². The first-order chi connectivity index (χ1) is 12.7. The molecule has 27 heavy (non-hydrogen) atoms. The molecule has 1 amide bonds. The zero-order valence-corrected chi connectivity index (χ0v) is 16.8. The van der Waals surface area contributed by atoms with E-state index in [-0.39, 0.29) is 24.8 Å². The highest BCUT2D eigenvalue weighted by Crippen LogP contribution is 2.56. The van der Waals surface area contributed by atoms with Crippen LogP contribution in [0.2, 0.25) is 0 Å². The summed E-state index contributed by atoms with van der Waals surface area (Å²) < 4.78 is 31.1. The first-order valence-electron chi connectivity index (χ1n) is 9.42. The standard InChI is InChI=1S/C18H25N3O5S/c1-4-26-16(23)13-12-5-10-21(15(22)14(12)20(3)19-13)11-18(8-9-18)27(24,25)17(2)6-7-17/h4-11H2,1-3H3. The fraction of sp³-hybridized carbons (Fsp3) is 0.722. The van der Waals surface area contributed by atoms with Crippen molar-refractivity contribution in [3.63, 3.8) is 0 Å². The normalized spacial score (nSPS) is 22.3. The van der Waals surface area contributed by atoms with Crippen molar-refractivity contribution in [1.82, 2.24) is 14.7 Å². The van der Waals surface area contributed by atoms with Crippen molar-refractivity contribution < 1.29 is 22.7 Å². The summed E-state index contributed by atoms with van der Waals surface area (Å²) in [6.45, 7) is 4.38. The van der Waals surface area contributed by atoms with Gasteiger partial charge in [0.1, 0.15) is 5.69 Å². The number of carbonyl (C=O) groups is 2. The Bertz CT molecular complexity index is 925. The Morgan fingerprint density at radius 1 is 1.26 bits per heavy atom. The minimum Gasteiger partial charge on any atom is -0.461 e. The lowest BCUT2D eigenvalue weighted by Gasteiger charge is -2.32. The monoisotopic (exact) mass is 395 g/mol. The molecule has 8 nitrogen and oxygen atoms in total. The van der Waals surface area contributed by atoms with Gasteiger partial charge in [0.15, 0.2) is 15.5 Å². The zero-order valence-electron chi connectivity index (χ0n) is 15.9. The number of hydrogen-bond acceptors (Lipinski definition) is 6. The molecule has 2 heterocycles. The molecule has 2 saturated carbocycles. The lowest BCUT2D eigenvalue weighted by molar-refractivity contribution is 0.0517. The van der Waals surface area contributed by atoms with Crippen LogP contribution in [0.3, 0.4) is 0 Å². The van der Waals surface area contributed by atoms with Crippen LogP contribution in [0.5, 0.6) is 0 Å². The van der Waals surface area contributed by atoms with E-state index in [0.717, 1.165) is 0 Å². The highest BCUT2D eigenvalue weighted by atomic mass is 32.2. The zero-order chi connectivity index (χ0) is 19.6. The minimum absolute atomic E-state index is 0.182. The summed E-state index contributed by atoms with van der Waals surface area (Å²) in [7, 11) is -1.65. The summed E-state index contributed by atoms with van der Waals surface area (Å²) >= 11 is 0. The smallest absolute Gasteiger partial charge is 0.359 e. The van der Waals surface area contributed by atoms with Gasteiger partial charge in [0.25, 0.3) is 5.91 Å². The van der Waals surface area contributed by atoms with Crippen molar-refractivity contribution >= 4 is 21.7 Å². The third-order valence-electron chi connectivity index (χ3n) is 6.20. The predicted molar refractivity (Wildman–Crippen MR) is 97.3 cm³/mol. The fourth-order valence-corrected chi connectivity index (χ4v) is 6.70. The Morgan fingerprint density at radius 3 is 2.48 bits per heavy atom. The predicted octanol–water partition coefficient (Wildman–Crippen LogP) is 1.09. The lowest BCUT2D eigenvalue weighted by Crippen LogP contribution is -2.48. The van der Waals surface area contributed by atoms with E-state index in [1.54, 1.807) is 18.9 Å².